The predicted molar refractivity (Wildman–Crippen MR) is 326 cm³/mol. The number of nitrogens with two attached hydrogens (primary N) is 2. The second-order valence-corrected chi connectivity index (χ2v) is 23.6. The quantitative estimate of drug-likeness (QED) is 0.0324. The van der Waals surface area contributed by atoms with Crippen molar-refractivity contribution in [1.29, 1.82) is 0 Å². The van der Waals surface area contributed by atoms with Crippen molar-refractivity contribution in [3.05, 3.63) is 127 Å². The topological polar surface area (TPSA) is 203 Å². The summed E-state index contributed by atoms with van der Waals surface area (Å²) in [4.78, 5) is 27.4. The number of benzene rings is 1. The van der Waals surface area contributed by atoms with Crippen LogP contribution in [0.15, 0.2) is 101 Å². The molecule has 0 aliphatic heterocycles. The number of aromatic nitrogens is 10. The summed E-state index contributed by atoms with van der Waals surface area (Å²) < 4.78 is 10.7. The molecule has 19 heteroatoms. The molecule has 0 spiro atoms. The first-order valence-electron chi connectivity index (χ1n) is 27.2. The van der Waals surface area contributed by atoms with Crippen LogP contribution in [-0.4, -0.2) is 79.9 Å². The number of esters is 1. The lowest BCUT2D eigenvalue weighted by molar-refractivity contribution is -0.149. The van der Waals surface area contributed by atoms with E-state index >= 15 is 0 Å². The molecule has 0 saturated carbocycles. The lowest BCUT2D eigenvalue weighted by atomic mass is 9.92. The van der Waals surface area contributed by atoms with Crippen LogP contribution in [0.4, 0.5) is 0 Å². The van der Waals surface area contributed by atoms with E-state index in [4.69, 9.17) is 51.6 Å². The minimum atomic E-state index is -0.442. The van der Waals surface area contributed by atoms with E-state index in [-0.39, 0.29) is 33.6 Å². The van der Waals surface area contributed by atoms with E-state index in [2.05, 4.69) is 169 Å². The maximum absolute atomic E-state index is 11.1. The number of halogens is 2. The zero-order valence-corrected chi connectivity index (χ0v) is 52.5. The Labute approximate surface area is 482 Å². The molecule has 0 saturated heterocycles. The molecule has 2 unspecified atom stereocenters. The number of ether oxygens (including phenoxy) is 1. The molecule has 1 aliphatic carbocycles. The minimum absolute atomic E-state index is 0.0644. The van der Waals surface area contributed by atoms with Crippen LogP contribution in [-0.2, 0) is 42.0 Å². The zero-order chi connectivity index (χ0) is 58.5. The van der Waals surface area contributed by atoms with E-state index in [1.54, 1.807) is 28.1 Å². The fourth-order valence-corrected chi connectivity index (χ4v) is 8.23. The summed E-state index contributed by atoms with van der Waals surface area (Å²) in [6, 6.07) is 12.7. The number of aromatic amines is 1. The van der Waals surface area contributed by atoms with Crippen molar-refractivity contribution in [3.63, 3.8) is 0 Å². The summed E-state index contributed by atoms with van der Waals surface area (Å²) in [6.45, 7) is 36.4. The van der Waals surface area contributed by atoms with Gasteiger partial charge in [-0.05, 0) is 127 Å². The first-order valence-corrected chi connectivity index (χ1v) is 29.3. The fraction of sp³-hybridized carbons (Fsp3) is 0.603. The summed E-state index contributed by atoms with van der Waals surface area (Å²) in [7, 11) is 0. The van der Waals surface area contributed by atoms with Crippen LogP contribution in [0.25, 0.3) is 0 Å². The van der Waals surface area contributed by atoms with Gasteiger partial charge in [0.2, 0.25) is 10.2 Å². The number of tetrazole rings is 2. The number of nitrogens with zero attached hydrogens (tertiary/aromatic N) is 9. The zero-order valence-electron chi connectivity index (χ0n) is 49.3. The number of hydrogen-bond acceptors (Lipinski definition) is 13. The Morgan fingerprint density at radius 2 is 1.40 bits per heavy atom. The molecule has 0 bridgehead atoms. The molecule has 0 radical (unpaired) electrons. The van der Waals surface area contributed by atoms with E-state index in [1.165, 1.54) is 33.8 Å². The molecule has 1 aliphatic rings. The van der Waals surface area contributed by atoms with Gasteiger partial charge in [0, 0.05) is 61.1 Å². The number of pyridine rings is 2. The third-order valence-corrected chi connectivity index (χ3v) is 12.7. The molecular weight excluding hydrogens is 1050 g/mol. The van der Waals surface area contributed by atoms with Crippen LogP contribution >= 0.6 is 47.2 Å². The number of hydrogen-bond donors (Lipinski definition) is 3. The molecule has 77 heavy (non-hydrogen) atoms. The maximum Gasteiger partial charge on any atom is 0.323 e. The highest BCUT2D eigenvalue weighted by atomic mass is 35.5. The Morgan fingerprint density at radius 1 is 0.805 bits per heavy atom. The van der Waals surface area contributed by atoms with Crippen molar-refractivity contribution in [3.8, 4) is 0 Å². The van der Waals surface area contributed by atoms with Gasteiger partial charge in [0.25, 0.3) is 0 Å². The molecule has 5 N–H and O–H groups in total. The van der Waals surface area contributed by atoms with Crippen molar-refractivity contribution in [2.24, 2.45) is 47.0 Å². The van der Waals surface area contributed by atoms with E-state index in [1.807, 2.05) is 61.6 Å². The van der Waals surface area contributed by atoms with Crippen LogP contribution in [0.2, 0.25) is 10.0 Å². The Kier molecular flexibility index (Phi) is 39.9. The maximum atomic E-state index is 11.1. The van der Waals surface area contributed by atoms with Crippen LogP contribution in [0.1, 0.15) is 148 Å². The van der Waals surface area contributed by atoms with Gasteiger partial charge in [-0.2, -0.15) is 5.21 Å². The Morgan fingerprint density at radius 3 is 1.84 bits per heavy atom. The average molecular weight is 1140 g/mol. The van der Waals surface area contributed by atoms with Gasteiger partial charge >= 0.3 is 5.97 Å². The van der Waals surface area contributed by atoms with Crippen molar-refractivity contribution in [1.82, 2.24) is 50.0 Å². The van der Waals surface area contributed by atoms with Gasteiger partial charge in [-0.3, -0.25) is 14.6 Å². The van der Waals surface area contributed by atoms with E-state index < -0.39 is 6.04 Å². The molecule has 1 aromatic carbocycles. The van der Waals surface area contributed by atoms with Crippen LogP contribution in [0, 0.1) is 40.3 Å². The van der Waals surface area contributed by atoms with Crippen molar-refractivity contribution in [2.75, 3.05) is 5.75 Å². The highest BCUT2D eigenvalue weighted by Gasteiger charge is 2.15. The molecule has 15 nitrogen and oxygen atoms in total. The lowest BCUT2D eigenvalue weighted by Gasteiger charge is -2.20. The standard InChI is InChI=1S/C12H18.C10H17N.C9H11Cl2NO.C9H13NS.C8H17NO2.C5H10N4S.C5H10N4/c1-4-11-7-5-6-8-12(11)9-10(2)3;1-8(2)10(11)9-6-4-3-5-7-9;1-6(2)3-12-4-7(10)9(13)8(11)5-12;1-8(2)7-11-9-3-5-10-6-4-9;1-4-5-7(9)8(10)11-6(2)3;1-4(2)3-9-5(10)6-7-8-9;1-5(2)3-9-4-6-7-8-9/h5-8,10H,4,9H2,1-3H3;3-4,7-8,10H,5-6,11H2,1-2H3;4-6H,3H2,1-2H3;3-6,8H,7H2,1-2H3;6-7H,4-5,9H2,1-3H3;4H,3H2,1-2H3,(H,6,8,10);4-5H,3H2,1-2H3. The number of carbonyl (C=O) groups excluding carboxylic acids is 1. The number of allylic oxidation sites excluding steroid dienone is 3. The Hall–Kier alpha value is -4.52. The highest BCUT2D eigenvalue weighted by Crippen LogP contribution is 2.20. The predicted octanol–water partition coefficient (Wildman–Crippen LogP) is 13.7. The first kappa shape index (κ1) is 72.5. The number of thioether (sulfide) groups is 1. The van der Waals surface area contributed by atoms with Crippen molar-refractivity contribution >= 4 is 53.2 Å². The van der Waals surface area contributed by atoms with Crippen LogP contribution in [0.3, 0.4) is 0 Å². The second kappa shape index (κ2) is 42.4. The molecule has 6 rings (SSSR count). The number of aryl methyl sites for hydroxylation is 1. The number of nitrogens with one attached hydrogen (secondary N) is 1. The summed E-state index contributed by atoms with van der Waals surface area (Å²) in [5.41, 5.74) is 15.6. The molecule has 5 aromatic rings. The minimum Gasteiger partial charge on any atom is -0.462 e. The van der Waals surface area contributed by atoms with Gasteiger partial charge in [-0.15, -0.1) is 16.9 Å². The SMILES string of the molecule is CC(C)C(N)C1=CCC=CC1.CC(C)CSc1ccncc1.CC(C)Cn1[nH]nnc1=S.CC(C)Cn1cc(Cl)c(=O)c(Cl)c1.CC(C)Cn1cnnn1.CCCC(N)C(=O)OC(C)C.CCc1ccccc1CC(C)C. The average Bonchev–Trinajstić information content (AvgIpc) is 4.04. The Bertz CT molecular complexity index is 2430. The van der Waals surface area contributed by atoms with Gasteiger partial charge in [0.1, 0.15) is 22.4 Å². The van der Waals surface area contributed by atoms with Gasteiger partial charge in [-0.25, -0.2) is 9.36 Å². The second-order valence-electron chi connectivity index (χ2n) is 21.3. The third kappa shape index (κ3) is 36.3. The molecule has 432 valence electrons. The monoisotopic (exact) mass is 1140 g/mol. The lowest BCUT2D eigenvalue weighted by Crippen LogP contribution is -2.33. The molecule has 0 amide bonds. The molecule has 4 aromatic heterocycles. The molecule has 0 fully saturated rings. The number of carbonyl (C=O) groups is 1. The molecule has 2 atom stereocenters. The van der Waals surface area contributed by atoms with Crippen LogP contribution < -0.4 is 16.9 Å². The third-order valence-electron chi connectivity index (χ3n) is 10.4. The normalized spacial score (nSPS) is 12.4. The van der Waals surface area contributed by atoms with E-state index in [0.29, 0.717) is 34.9 Å². The van der Waals surface area contributed by atoms with Crippen molar-refractivity contribution < 1.29 is 9.53 Å². The number of H-pyrrole nitrogens is 1. The number of rotatable bonds is 18. The van der Waals surface area contributed by atoms with Gasteiger partial charge in [-0.1, -0.05) is 185 Å². The fourth-order valence-electron chi connectivity index (χ4n) is 6.73. The largest absolute Gasteiger partial charge is 0.462 e. The van der Waals surface area contributed by atoms with Crippen molar-refractivity contribution in [2.45, 2.75) is 192 Å². The molecular formula is C58H96Cl2N12O3S2. The summed E-state index contributed by atoms with van der Waals surface area (Å²) in [5, 5.41) is 21.0. The Balaban J connectivity index is 0.000000877. The van der Waals surface area contributed by atoms with Crippen LogP contribution in [0.5, 0.6) is 0 Å². The van der Waals surface area contributed by atoms with Gasteiger partial charge < -0.3 is 20.8 Å². The first-order chi connectivity index (χ1) is 36.3. The van der Waals surface area contributed by atoms with E-state index in [9.17, 15) is 9.59 Å². The smallest absolute Gasteiger partial charge is 0.323 e. The van der Waals surface area contributed by atoms with Gasteiger partial charge in [0.05, 0.1) is 6.10 Å². The molecule has 4 heterocycles. The summed E-state index contributed by atoms with van der Waals surface area (Å²) in [5.74, 6) is 4.64. The summed E-state index contributed by atoms with van der Waals surface area (Å²) >= 11 is 18.1. The van der Waals surface area contributed by atoms with Gasteiger partial charge in [0.15, 0.2) is 0 Å². The highest BCUT2D eigenvalue weighted by molar-refractivity contribution is 7.99. The van der Waals surface area contributed by atoms with E-state index in [0.717, 1.165) is 57.2 Å². The summed E-state index contributed by atoms with van der Waals surface area (Å²) in [6.07, 6.45) is 21.2.